The first kappa shape index (κ1) is 33.8. The van der Waals surface area contributed by atoms with E-state index in [4.69, 9.17) is 0 Å². The van der Waals surface area contributed by atoms with Crippen molar-refractivity contribution in [3.63, 3.8) is 0 Å². The molecule has 0 aromatic heterocycles. The second-order valence-corrected chi connectivity index (χ2v) is 25.5. The topological polar surface area (TPSA) is 6.48 Å². The normalized spacial score (nSPS) is 15.1. The SMILES string of the molecule is Cc1cc2c3c(cc4c([Si](C)(C)C)cc5c6c(cc1c3c46)B1c3ccccc3N(C(C)(C)C)c3cccc-5c31)B1c3ccccc3N(C(C)(C)C)c3cccc-2c31. The van der Waals surface area contributed by atoms with E-state index >= 15 is 0 Å². The van der Waals surface area contributed by atoms with Crippen LogP contribution in [0.4, 0.5) is 22.7 Å². The van der Waals surface area contributed by atoms with Crippen LogP contribution in [-0.2, 0) is 0 Å². The van der Waals surface area contributed by atoms with Gasteiger partial charge in [-0.05, 0) is 155 Å². The molecule has 0 aliphatic carbocycles. The maximum atomic E-state index is 2.70. The molecular weight excluding hydrogens is 702 g/mol. The molecule has 4 heterocycles. The van der Waals surface area contributed by atoms with Crippen LogP contribution in [-0.4, -0.2) is 32.6 Å². The maximum Gasteiger partial charge on any atom is 0.248 e. The summed E-state index contributed by atoms with van der Waals surface area (Å²) in [5, 5.41) is 10.4. The summed E-state index contributed by atoms with van der Waals surface area (Å²) >= 11 is 0. The Morgan fingerprint density at radius 2 is 0.877 bits per heavy atom. The summed E-state index contributed by atoms with van der Waals surface area (Å²) in [7, 11) is -1.89. The van der Waals surface area contributed by atoms with Gasteiger partial charge in [0, 0.05) is 33.8 Å². The Morgan fingerprint density at radius 3 is 1.37 bits per heavy atom. The lowest BCUT2D eigenvalue weighted by molar-refractivity contribution is 0.561. The highest BCUT2D eigenvalue weighted by atomic mass is 28.3. The minimum atomic E-state index is -1.89. The first-order valence-electron chi connectivity index (χ1n) is 21.0. The lowest BCUT2D eigenvalue weighted by Gasteiger charge is -2.47. The van der Waals surface area contributed by atoms with E-state index in [1.54, 1.807) is 5.19 Å². The molecule has 0 saturated heterocycles. The van der Waals surface area contributed by atoms with Gasteiger partial charge in [0.25, 0.3) is 0 Å². The Morgan fingerprint density at radius 1 is 0.439 bits per heavy atom. The van der Waals surface area contributed by atoms with Crippen LogP contribution in [0.15, 0.2) is 109 Å². The van der Waals surface area contributed by atoms with Gasteiger partial charge in [-0.1, -0.05) is 121 Å². The van der Waals surface area contributed by atoms with Crippen molar-refractivity contribution >= 4 is 115 Å². The summed E-state index contributed by atoms with van der Waals surface area (Å²) in [6, 6.07) is 43.4. The summed E-state index contributed by atoms with van der Waals surface area (Å²) < 4.78 is 0. The predicted octanol–water partition coefficient (Wildman–Crippen LogP) is 8.93. The zero-order chi connectivity index (χ0) is 39.2. The average molecular weight is 751 g/mol. The van der Waals surface area contributed by atoms with Crippen LogP contribution < -0.4 is 47.8 Å². The van der Waals surface area contributed by atoms with E-state index in [1.807, 2.05) is 0 Å². The minimum Gasteiger partial charge on any atom is -0.337 e. The van der Waals surface area contributed by atoms with Crippen molar-refractivity contribution < 1.29 is 0 Å². The molecule has 0 unspecified atom stereocenters. The van der Waals surface area contributed by atoms with E-state index in [0.29, 0.717) is 0 Å². The molecule has 0 atom stereocenters. The van der Waals surface area contributed by atoms with Crippen LogP contribution >= 0.6 is 0 Å². The molecule has 276 valence electrons. The fourth-order valence-electron chi connectivity index (χ4n) is 12.0. The zero-order valence-corrected chi connectivity index (χ0v) is 35.9. The standard InChI is InChI=1S/C52H48B2N2Si/c1-29-25-33-30-17-15-23-42-49(30)54(37-20-12-14-22-41(37)55(42)51(2,3)4)39-27-35-44(57(8,9)10)28-34-31-18-16-24-43-50(31)53(36-19-11-13-21-40(36)56(43)52(5,6)7)38-26-32(29)47(45(33)39)48(35)46(34)38/h11-28H,1-10H3. The summed E-state index contributed by atoms with van der Waals surface area (Å²) in [6.45, 7) is 24.5. The molecule has 0 spiro atoms. The van der Waals surface area contributed by atoms with Crippen LogP contribution in [0.5, 0.6) is 0 Å². The molecule has 0 fully saturated rings. The van der Waals surface area contributed by atoms with Crippen LogP contribution in [0.25, 0.3) is 54.6 Å². The lowest BCUT2D eigenvalue weighted by atomic mass is 9.31. The minimum absolute atomic E-state index is 0.0845. The van der Waals surface area contributed by atoms with Crippen molar-refractivity contribution in [2.45, 2.75) is 79.2 Å². The fourth-order valence-corrected chi connectivity index (χ4v) is 13.6. The third-order valence-electron chi connectivity index (χ3n) is 13.9. The van der Waals surface area contributed by atoms with Crippen LogP contribution in [0.1, 0.15) is 47.1 Å². The van der Waals surface area contributed by atoms with Crippen molar-refractivity contribution in [1.82, 2.24) is 0 Å². The summed E-state index contributed by atoms with van der Waals surface area (Å²) in [4.78, 5) is 5.22. The predicted molar refractivity (Wildman–Crippen MR) is 255 cm³/mol. The van der Waals surface area contributed by atoms with Gasteiger partial charge in [-0.2, -0.15) is 0 Å². The first-order chi connectivity index (χ1) is 27.1. The molecule has 0 radical (unpaired) electrons. The molecule has 8 aromatic rings. The highest BCUT2D eigenvalue weighted by molar-refractivity contribution is 7.03. The highest BCUT2D eigenvalue weighted by Crippen LogP contribution is 2.48. The molecule has 0 N–H and O–H groups in total. The monoisotopic (exact) mass is 750 g/mol. The van der Waals surface area contributed by atoms with Gasteiger partial charge in [0.2, 0.25) is 13.4 Å². The number of aryl methyl sites for hydroxylation is 1. The number of para-hydroxylation sites is 2. The van der Waals surface area contributed by atoms with E-state index in [-0.39, 0.29) is 24.5 Å². The third kappa shape index (κ3) is 4.14. The fraction of sp³-hybridized carbons (Fsp3) is 0.231. The molecule has 4 aliphatic heterocycles. The second-order valence-electron chi connectivity index (χ2n) is 20.5. The quantitative estimate of drug-likeness (QED) is 0.122. The van der Waals surface area contributed by atoms with Gasteiger partial charge in [0.15, 0.2) is 0 Å². The summed E-state index contributed by atoms with van der Waals surface area (Å²) in [5.74, 6) is 0. The number of fused-ring (bicyclic) bond motifs is 8. The lowest BCUT2D eigenvalue weighted by Crippen LogP contribution is -2.62. The van der Waals surface area contributed by atoms with Crippen LogP contribution in [0.2, 0.25) is 19.6 Å². The van der Waals surface area contributed by atoms with Crippen molar-refractivity contribution in [2.24, 2.45) is 0 Å². The Labute approximate surface area is 339 Å². The first-order valence-corrected chi connectivity index (χ1v) is 24.5. The Balaban J connectivity index is 1.29. The molecule has 0 saturated carbocycles. The van der Waals surface area contributed by atoms with E-state index in [1.165, 1.54) is 116 Å². The average Bonchev–Trinajstić information content (AvgIpc) is 3.16. The maximum absolute atomic E-state index is 2.70. The van der Waals surface area contributed by atoms with Crippen molar-refractivity contribution in [3.05, 3.63) is 115 Å². The van der Waals surface area contributed by atoms with E-state index in [2.05, 4.69) is 187 Å². The van der Waals surface area contributed by atoms with Gasteiger partial charge in [-0.15, -0.1) is 0 Å². The van der Waals surface area contributed by atoms with Gasteiger partial charge in [0.1, 0.15) is 0 Å². The molecule has 8 aromatic carbocycles. The molecule has 0 bridgehead atoms. The van der Waals surface area contributed by atoms with Crippen LogP contribution in [0.3, 0.4) is 0 Å². The zero-order valence-electron chi connectivity index (χ0n) is 34.9. The van der Waals surface area contributed by atoms with Gasteiger partial charge < -0.3 is 9.80 Å². The third-order valence-corrected chi connectivity index (χ3v) is 16.0. The Hall–Kier alpha value is -5.25. The second kappa shape index (κ2) is 10.6. The number of hydrogen-bond donors (Lipinski definition) is 0. The van der Waals surface area contributed by atoms with Gasteiger partial charge in [-0.3, -0.25) is 0 Å². The highest BCUT2D eigenvalue weighted by Gasteiger charge is 2.47. The molecule has 57 heavy (non-hydrogen) atoms. The number of nitrogens with zero attached hydrogens (tertiary/aromatic N) is 2. The van der Waals surface area contributed by atoms with Gasteiger partial charge in [-0.25, -0.2) is 0 Å². The number of hydrogen-bond acceptors (Lipinski definition) is 2. The molecule has 0 amide bonds. The number of anilines is 4. The largest absolute Gasteiger partial charge is 0.337 e. The van der Waals surface area contributed by atoms with E-state index < -0.39 is 8.07 Å². The number of benzene rings is 8. The van der Waals surface area contributed by atoms with Crippen molar-refractivity contribution in [2.75, 3.05) is 9.80 Å². The summed E-state index contributed by atoms with van der Waals surface area (Å²) in [6.07, 6.45) is 0. The van der Waals surface area contributed by atoms with Crippen LogP contribution in [0, 0.1) is 6.92 Å². The number of rotatable bonds is 1. The molecule has 2 nitrogen and oxygen atoms in total. The van der Waals surface area contributed by atoms with E-state index in [0.717, 1.165) is 0 Å². The molecular formula is C52H48B2N2Si. The van der Waals surface area contributed by atoms with E-state index in [9.17, 15) is 0 Å². The molecule has 5 heteroatoms. The summed E-state index contributed by atoms with van der Waals surface area (Å²) in [5.41, 5.74) is 20.9. The Kier molecular flexibility index (Phi) is 6.31. The van der Waals surface area contributed by atoms with Crippen molar-refractivity contribution in [3.8, 4) is 22.3 Å². The van der Waals surface area contributed by atoms with Gasteiger partial charge in [0.05, 0.1) is 8.07 Å². The molecule has 12 rings (SSSR count). The van der Waals surface area contributed by atoms with Gasteiger partial charge >= 0.3 is 0 Å². The molecule has 4 aliphatic rings. The smallest absolute Gasteiger partial charge is 0.248 e. The van der Waals surface area contributed by atoms with Crippen molar-refractivity contribution in [1.29, 1.82) is 0 Å². The Bertz CT molecular complexity index is 3120.